The van der Waals surface area contributed by atoms with E-state index in [-0.39, 0.29) is 0 Å². The molecule has 9 heteroatoms. The van der Waals surface area contributed by atoms with Crippen LogP contribution in [0.3, 0.4) is 0 Å². The number of fused-ring (bicyclic) bond motifs is 2. The van der Waals surface area contributed by atoms with Crippen molar-refractivity contribution >= 4 is 5.69 Å². The van der Waals surface area contributed by atoms with Crippen molar-refractivity contribution < 1.29 is 4.74 Å². The maximum absolute atomic E-state index is 5.70. The Morgan fingerprint density at radius 3 is 2.43 bits per heavy atom. The Morgan fingerprint density at radius 1 is 0.919 bits per heavy atom. The Morgan fingerprint density at radius 2 is 1.68 bits per heavy atom. The number of hydrogen-bond acceptors (Lipinski definition) is 7. The normalized spacial score (nSPS) is 17.0. The van der Waals surface area contributed by atoms with E-state index in [9.17, 15) is 0 Å². The van der Waals surface area contributed by atoms with Crippen molar-refractivity contribution in [2.24, 2.45) is 14.1 Å². The fourth-order valence-corrected chi connectivity index (χ4v) is 6.02. The molecule has 0 unspecified atom stereocenters. The number of benzene rings is 1. The summed E-state index contributed by atoms with van der Waals surface area (Å²) in [6, 6.07) is 8.89. The second-order valence-corrected chi connectivity index (χ2v) is 10.4. The van der Waals surface area contributed by atoms with Gasteiger partial charge in [0.1, 0.15) is 12.0 Å². The summed E-state index contributed by atoms with van der Waals surface area (Å²) < 4.78 is 9.78. The number of anilines is 1. The van der Waals surface area contributed by atoms with E-state index in [1.807, 2.05) is 16.4 Å². The maximum Gasteiger partial charge on any atom is 0.226 e. The SMILES string of the molecule is COc1ncnc(C2CC2)c1-c1nn(C)c2c1CN(c1ccc(-c3nn(C)c4c3CNCC4)cc1)CC2. The molecule has 5 heterocycles. The molecular weight excluding hydrogens is 464 g/mol. The van der Waals surface area contributed by atoms with Gasteiger partial charge >= 0.3 is 0 Å². The molecule has 0 spiro atoms. The predicted octanol–water partition coefficient (Wildman–Crippen LogP) is 3.37. The minimum absolute atomic E-state index is 0.476. The topological polar surface area (TPSA) is 85.9 Å². The zero-order chi connectivity index (χ0) is 25.1. The molecule has 0 bridgehead atoms. The van der Waals surface area contributed by atoms with Crippen LogP contribution < -0.4 is 15.0 Å². The zero-order valence-corrected chi connectivity index (χ0v) is 21.7. The Bertz CT molecular complexity index is 1480. The molecule has 0 amide bonds. The molecule has 37 heavy (non-hydrogen) atoms. The van der Waals surface area contributed by atoms with Crippen molar-refractivity contribution in [2.45, 2.75) is 44.7 Å². The Labute approximate surface area is 216 Å². The molecule has 190 valence electrons. The van der Waals surface area contributed by atoms with Crippen LogP contribution in [-0.2, 0) is 40.0 Å². The van der Waals surface area contributed by atoms with Gasteiger partial charge in [-0.05, 0) is 25.0 Å². The molecule has 1 aliphatic carbocycles. The number of ether oxygens (including phenoxy) is 1. The van der Waals surface area contributed by atoms with E-state index in [1.165, 1.54) is 33.8 Å². The van der Waals surface area contributed by atoms with Crippen molar-refractivity contribution in [2.75, 3.05) is 25.1 Å². The lowest BCUT2D eigenvalue weighted by atomic mass is 9.98. The largest absolute Gasteiger partial charge is 0.480 e. The van der Waals surface area contributed by atoms with Crippen LogP contribution in [0.4, 0.5) is 5.69 Å². The van der Waals surface area contributed by atoms with Crippen LogP contribution in [0.1, 0.15) is 47.0 Å². The molecule has 3 aromatic heterocycles. The van der Waals surface area contributed by atoms with E-state index in [2.05, 4.69) is 51.5 Å². The van der Waals surface area contributed by atoms with Crippen molar-refractivity contribution in [3.8, 4) is 28.4 Å². The van der Waals surface area contributed by atoms with Crippen LogP contribution in [0.2, 0.25) is 0 Å². The highest BCUT2D eigenvalue weighted by molar-refractivity contribution is 5.74. The van der Waals surface area contributed by atoms with E-state index in [1.54, 1.807) is 13.4 Å². The summed E-state index contributed by atoms with van der Waals surface area (Å²) in [5.74, 6) is 1.09. The van der Waals surface area contributed by atoms with E-state index in [0.717, 1.165) is 74.5 Å². The molecule has 1 fully saturated rings. The summed E-state index contributed by atoms with van der Waals surface area (Å²) in [5, 5.41) is 13.3. The highest BCUT2D eigenvalue weighted by atomic mass is 16.5. The Balaban J connectivity index is 1.22. The fraction of sp³-hybridized carbons (Fsp3) is 0.429. The van der Waals surface area contributed by atoms with Gasteiger partial charge in [0, 0.05) is 92.8 Å². The Kier molecular flexibility index (Phi) is 5.28. The number of rotatable bonds is 5. The summed E-state index contributed by atoms with van der Waals surface area (Å²) in [7, 11) is 5.78. The van der Waals surface area contributed by atoms with E-state index in [4.69, 9.17) is 14.9 Å². The lowest BCUT2D eigenvalue weighted by molar-refractivity contribution is 0.397. The van der Waals surface area contributed by atoms with Crippen molar-refractivity contribution in [1.29, 1.82) is 0 Å². The number of aryl methyl sites for hydroxylation is 2. The minimum atomic E-state index is 0.476. The third-order valence-electron chi connectivity index (χ3n) is 8.10. The number of methoxy groups -OCH3 is 1. The highest BCUT2D eigenvalue weighted by Crippen LogP contribution is 2.46. The number of hydrogen-bond donors (Lipinski definition) is 1. The molecule has 1 aromatic carbocycles. The van der Waals surface area contributed by atoms with Crippen LogP contribution in [0.15, 0.2) is 30.6 Å². The van der Waals surface area contributed by atoms with Crippen LogP contribution in [0.25, 0.3) is 22.5 Å². The first-order valence-electron chi connectivity index (χ1n) is 13.2. The van der Waals surface area contributed by atoms with Crippen LogP contribution in [0.5, 0.6) is 5.88 Å². The average Bonchev–Trinajstić information content (AvgIpc) is 3.67. The summed E-state index contributed by atoms with van der Waals surface area (Å²) in [6.07, 6.45) is 5.91. The summed E-state index contributed by atoms with van der Waals surface area (Å²) in [6.45, 7) is 3.64. The first-order valence-corrected chi connectivity index (χ1v) is 13.2. The van der Waals surface area contributed by atoms with Gasteiger partial charge in [-0.15, -0.1) is 0 Å². The van der Waals surface area contributed by atoms with Crippen LogP contribution in [0, 0.1) is 0 Å². The smallest absolute Gasteiger partial charge is 0.226 e. The van der Waals surface area contributed by atoms with Gasteiger partial charge in [-0.3, -0.25) is 9.36 Å². The molecule has 9 nitrogen and oxygen atoms in total. The van der Waals surface area contributed by atoms with Crippen molar-refractivity contribution in [3.05, 3.63) is 58.8 Å². The monoisotopic (exact) mass is 496 g/mol. The molecule has 1 N–H and O–H groups in total. The quantitative estimate of drug-likeness (QED) is 0.453. The zero-order valence-electron chi connectivity index (χ0n) is 21.7. The van der Waals surface area contributed by atoms with Gasteiger partial charge in [-0.2, -0.15) is 10.2 Å². The van der Waals surface area contributed by atoms with Crippen LogP contribution in [-0.4, -0.2) is 49.7 Å². The molecule has 0 atom stereocenters. The molecule has 2 aliphatic heterocycles. The van der Waals surface area contributed by atoms with Gasteiger partial charge < -0.3 is 15.0 Å². The maximum atomic E-state index is 5.70. The highest BCUT2D eigenvalue weighted by Gasteiger charge is 2.34. The van der Waals surface area contributed by atoms with Gasteiger partial charge in [0.2, 0.25) is 5.88 Å². The summed E-state index contributed by atoms with van der Waals surface area (Å²) in [5.41, 5.74) is 11.7. The second-order valence-electron chi connectivity index (χ2n) is 10.4. The first-order chi connectivity index (χ1) is 18.1. The fourth-order valence-electron chi connectivity index (χ4n) is 6.02. The molecule has 1 saturated carbocycles. The third kappa shape index (κ3) is 3.71. The number of aromatic nitrogens is 6. The third-order valence-corrected chi connectivity index (χ3v) is 8.10. The Hall–Kier alpha value is -3.72. The second kappa shape index (κ2) is 8.69. The van der Waals surface area contributed by atoms with E-state index in [0.29, 0.717) is 11.8 Å². The van der Waals surface area contributed by atoms with Crippen molar-refractivity contribution in [3.63, 3.8) is 0 Å². The molecule has 7 rings (SSSR count). The van der Waals surface area contributed by atoms with Gasteiger partial charge in [-0.25, -0.2) is 9.97 Å². The lowest BCUT2D eigenvalue weighted by Crippen LogP contribution is -2.31. The first kappa shape index (κ1) is 22.5. The molecule has 0 radical (unpaired) electrons. The molecule has 3 aliphatic rings. The summed E-state index contributed by atoms with van der Waals surface area (Å²) in [4.78, 5) is 11.6. The van der Waals surface area contributed by atoms with Crippen LogP contribution >= 0.6 is 0 Å². The van der Waals surface area contributed by atoms with Gasteiger partial charge in [0.05, 0.1) is 24.1 Å². The minimum Gasteiger partial charge on any atom is -0.480 e. The summed E-state index contributed by atoms with van der Waals surface area (Å²) >= 11 is 0. The molecule has 0 saturated heterocycles. The molecule has 4 aromatic rings. The number of nitrogens with one attached hydrogen (secondary N) is 1. The van der Waals surface area contributed by atoms with Gasteiger partial charge in [0.15, 0.2) is 0 Å². The lowest BCUT2D eigenvalue weighted by Gasteiger charge is -2.30. The number of nitrogens with zero attached hydrogens (tertiary/aromatic N) is 7. The predicted molar refractivity (Wildman–Crippen MR) is 142 cm³/mol. The van der Waals surface area contributed by atoms with Crippen molar-refractivity contribution in [1.82, 2.24) is 34.8 Å². The van der Waals surface area contributed by atoms with Gasteiger partial charge in [-0.1, -0.05) is 12.1 Å². The van der Waals surface area contributed by atoms with E-state index >= 15 is 0 Å². The standard InChI is InChI=1S/C28H32N8O/c1-34-22-10-12-29-14-20(22)25(32-34)17-6-8-19(9-7-17)36-13-11-23-21(15-36)27(33-35(23)2)24-26(18-4-5-18)30-16-31-28(24)37-3/h6-9,16,18,29H,4-5,10-15H2,1-3H3. The average molecular weight is 497 g/mol. The van der Waals surface area contributed by atoms with Gasteiger partial charge in [0.25, 0.3) is 0 Å². The molecular formula is C28H32N8O. The van der Waals surface area contributed by atoms with E-state index < -0.39 is 0 Å².